The highest BCUT2D eigenvalue weighted by Gasteiger charge is 2.10. The molecule has 1 rings (SSSR count). The quantitative estimate of drug-likeness (QED) is 0.711. The smallest absolute Gasteiger partial charge is 0.251 e. The summed E-state index contributed by atoms with van der Waals surface area (Å²) in [6.07, 6.45) is 2.08. The van der Waals surface area contributed by atoms with Crippen LogP contribution in [0.15, 0.2) is 24.3 Å². The minimum absolute atomic E-state index is 0.119. The molecule has 0 bridgehead atoms. The molecule has 0 spiro atoms. The van der Waals surface area contributed by atoms with Gasteiger partial charge in [-0.25, -0.2) is 0 Å². The fourth-order valence-electron chi connectivity index (χ4n) is 1.92. The molecule has 110 valence electrons. The average Bonchev–Trinajstić information content (AvgIpc) is 2.39. The van der Waals surface area contributed by atoms with Gasteiger partial charge >= 0.3 is 0 Å². The van der Waals surface area contributed by atoms with Crippen LogP contribution in [0.1, 0.15) is 43.5 Å². The maximum Gasteiger partial charge on any atom is 0.251 e. The zero-order chi connectivity index (χ0) is 15.0. The van der Waals surface area contributed by atoms with E-state index in [1.807, 2.05) is 13.8 Å². The molecule has 0 heterocycles. The van der Waals surface area contributed by atoms with E-state index in [0.29, 0.717) is 24.2 Å². The van der Waals surface area contributed by atoms with Crippen LogP contribution in [0.3, 0.4) is 0 Å². The number of amides is 2. The Kier molecular flexibility index (Phi) is 6.73. The molecule has 5 heteroatoms. The number of carbonyl (C=O) groups is 2. The molecule has 0 fully saturated rings. The van der Waals surface area contributed by atoms with Crippen molar-refractivity contribution < 1.29 is 9.59 Å². The molecule has 0 aliphatic carbocycles. The average molecular weight is 277 g/mol. The maximum absolute atomic E-state index is 11.8. The third kappa shape index (κ3) is 5.40. The van der Waals surface area contributed by atoms with Crippen LogP contribution in [-0.4, -0.2) is 24.4 Å². The van der Waals surface area contributed by atoms with Gasteiger partial charge in [-0.3, -0.25) is 9.59 Å². The van der Waals surface area contributed by atoms with E-state index in [9.17, 15) is 9.59 Å². The molecule has 0 saturated heterocycles. The Morgan fingerprint density at radius 2 is 2.05 bits per heavy atom. The molecule has 1 unspecified atom stereocenters. The summed E-state index contributed by atoms with van der Waals surface area (Å²) in [4.78, 5) is 23.5. The highest BCUT2D eigenvalue weighted by atomic mass is 16.2. The van der Waals surface area contributed by atoms with Crippen molar-refractivity contribution >= 4 is 17.5 Å². The van der Waals surface area contributed by atoms with Gasteiger partial charge in [0.25, 0.3) is 5.91 Å². The summed E-state index contributed by atoms with van der Waals surface area (Å²) in [5.74, 6) is -0.273. The maximum atomic E-state index is 11.8. The van der Waals surface area contributed by atoms with E-state index < -0.39 is 0 Å². The number of nitrogens with two attached hydrogens (primary N) is 1. The molecular formula is C15H23N3O2. The summed E-state index contributed by atoms with van der Waals surface area (Å²) in [7, 11) is 0. The third-order valence-corrected chi connectivity index (χ3v) is 2.85. The molecule has 0 aromatic heterocycles. The SMILES string of the molecule is CCCC(N)CC(=O)Nc1cccc(C(=O)NCC)c1. The first kappa shape index (κ1) is 16.2. The van der Waals surface area contributed by atoms with Crippen LogP contribution < -0.4 is 16.4 Å². The van der Waals surface area contributed by atoms with Crippen molar-refractivity contribution in [3.05, 3.63) is 29.8 Å². The van der Waals surface area contributed by atoms with Gasteiger partial charge in [-0.2, -0.15) is 0 Å². The number of hydrogen-bond acceptors (Lipinski definition) is 3. The van der Waals surface area contributed by atoms with Gasteiger partial charge in [-0.15, -0.1) is 0 Å². The fourth-order valence-corrected chi connectivity index (χ4v) is 1.92. The normalized spacial score (nSPS) is 11.8. The van der Waals surface area contributed by atoms with E-state index in [2.05, 4.69) is 10.6 Å². The topological polar surface area (TPSA) is 84.2 Å². The number of anilines is 1. The van der Waals surface area contributed by atoms with Gasteiger partial charge in [0.2, 0.25) is 5.91 Å². The summed E-state index contributed by atoms with van der Waals surface area (Å²) < 4.78 is 0. The van der Waals surface area contributed by atoms with Crippen molar-refractivity contribution in [1.29, 1.82) is 0 Å². The second-order valence-electron chi connectivity index (χ2n) is 4.74. The van der Waals surface area contributed by atoms with Gasteiger partial charge in [-0.1, -0.05) is 19.4 Å². The Morgan fingerprint density at radius 3 is 2.70 bits per heavy atom. The van der Waals surface area contributed by atoms with Gasteiger partial charge in [0.1, 0.15) is 0 Å². The molecule has 20 heavy (non-hydrogen) atoms. The first-order chi connectivity index (χ1) is 9.56. The highest BCUT2D eigenvalue weighted by molar-refractivity contribution is 5.97. The van der Waals surface area contributed by atoms with Gasteiger partial charge in [0.05, 0.1) is 0 Å². The minimum atomic E-state index is -0.147. The van der Waals surface area contributed by atoms with Gasteiger partial charge < -0.3 is 16.4 Å². The lowest BCUT2D eigenvalue weighted by Gasteiger charge is -2.11. The van der Waals surface area contributed by atoms with Crippen molar-refractivity contribution in [2.45, 2.75) is 39.2 Å². The van der Waals surface area contributed by atoms with Crippen molar-refractivity contribution in [3.8, 4) is 0 Å². The van der Waals surface area contributed by atoms with Crippen LogP contribution in [0.25, 0.3) is 0 Å². The predicted molar refractivity (Wildman–Crippen MR) is 80.6 cm³/mol. The Labute approximate surface area is 119 Å². The standard InChI is InChI=1S/C15H23N3O2/c1-3-6-12(16)10-14(19)18-13-8-5-7-11(9-13)15(20)17-4-2/h5,7-9,12H,3-4,6,10,16H2,1-2H3,(H,17,20)(H,18,19). The van der Waals surface area contributed by atoms with Gasteiger partial charge in [-0.05, 0) is 31.5 Å². The first-order valence-electron chi connectivity index (χ1n) is 7.00. The number of rotatable bonds is 7. The van der Waals surface area contributed by atoms with Crippen LogP contribution in [-0.2, 0) is 4.79 Å². The van der Waals surface area contributed by atoms with E-state index in [-0.39, 0.29) is 17.9 Å². The lowest BCUT2D eigenvalue weighted by Crippen LogP contribution is -2.27. The summed E-state index contributed by atoms with van der Waals surface area (Å²) in [6.45, 7) is 4.47. The molecule has 1 aromatic carbocycles. The summed E-state index contributed by atoms with van der Waals surface area (Å²) in [5, 5.41) is 5.49. The summed E-state index contributed by atoms with van der Waals surface area (Å²) in [6, 6.07) is 6.75. The van der Waals surface area contributed by atoms with Crippen molar-refractivity contribution in [3.63, 3.8) is 0 Å². The van der Waals surface area contributed by atoms with E-state index in [4.69, 9.17) is 5.73 Å². The minimum Gasteiger partial charge on any atom is -0.352 e. The van der Waals surface area contributed by atoms with Crippen LogP contribution in [0, 0.1) is 0 Å². The van der Waals surface area contributed by atoms with Crippen LogP contribution in [0.5, 0.6) is 0 Å². The zero-order valence-electron chi connectivity index (χ0n) is 12.1. The summed E-state index contributed by atoms with van der Waals surface area (Å²) >= 11 is 0. The monoisotopic (exact) mass is 277 g/mol. The second kappa shape index (κ2) is 8.32. The van der Waals surface area contributed by atoms with Gasteiger partial charge in [0.15, 0.2) is 0 Å². The fraction of sp³-hybridized carbons (Fsp3) is 0.467. The van der Waals surface area contributed by atoms with E-state index in [1.54, 1.807) is 24.3 Å². The molecule has 0 radical (unpaired) electrons. The molecule has 2 amide bonds. The largest absolute Gasteiger partial charge is 0.352 e. The van der Waals surface area contributed by atoms with E-state index in [0.717, 1.165) is 12.8 Å². The number of carbonyl (C=O) groups excluding carboxylic acids is 2. The summed E-state index contributed by atoms with van der Waals surface area (Å²) in [5.41, 5.74) is 6.97. The predicted octanol–water partition coefficient (Wildman–Crippen LogP) is 1.89. The zero-order valence-corrected chi connectivity index (χ0v) is 12.1. The third-order valence-electron chi connectivity index (χ3n) is 2.85. The lowest BCUT2D eigenvalue weighted by atomic mass is 10.1. The molecule has 4 N–H and O–H groups in total. The second-order valence-corrected chi connectivity index (χ2v) is 4.74. The van der Waals surface area contributed by atoms with E-state index in [1.165, 1.54) is 0 Å². The van der Waals surface area contributed by atoms with E-state index >= 15 is 0 Å². The molecule has 0 aliphatic heterocycles. The number of nitrogens with one attached hydrogen (secondary N) is 2. The van der Waals surface area contributed by atoms with Crippen LogP contribution in [0.2, 0.25) is 0 Å². The molecular weight excluding hydrogens is 254 g/mol. The number of hydrogen-bond donors (Lipinski definition) is 3. The first-order valence-corrected chi connectivity index (χ1v) is 7.00. The molecule has 0 saturated carbocycles. The lowest BCUT2D eigenvalue weighted by molar-refractivity contribution is -0.116. The highest BCUT2D eigenvalue weighted by Crippen LogP contribution is 2.11. The molecule has 0 aliphatic rings. The molecule has 1 atom stereocenters. The van der Waals surface area contributed by atoms with Crippen molar-refractivity contribution in [2.24, 2.45) is 5.73 Å². The Balaban J connectivity index is 2.61. The van der Waals surface area contributed by atoms with Crippen molar-refractivity contribution in [1.82, 2.24) is 5.32 Å². The Morgan fingerprint density at radius 1 is 1.30 bits per heavy atom. The Hall–Kier alpha value is -1.88. The van der Waals surface area contributed by atoms with Crippen molar-refractivity contribution in [2.75, 3.05) is 11.9 Å². The Bertz CT molecular complexity index is 460. The molecule has 5 nitrogen and oxygen atoms in total. The number of benzene rings is 1. The molecule has 1 aromatic rings. The van der Waals surface area contributed by atoms with Crippen LogP contribution >= 0.6 is 0 Å². The van der Waals surface area contributed by atoms with Crippen LogP contribution in [0.4, 0.5) is 5.69 Å². The van der Waals surface area contributed by atoms with Gasteiger partial charge in [0, 0.05) is 30.3 Å².